The molecule has 0 amide bonds. The Morgan fingerprint density at radius 1 is 1.27 bits per heavy atom. The van der Waals surface area contributed by atoms with Gasteiger partial charge in [0.1, 0.15) is 18.1 Å². The van der Waals surface area contributed by atoms with Gasteiger partial charge in [0.15, 0.2) is 6.29 Å². The van der Waals surface area contributed by atoms with Crippen LogP contribution in [0.2, 0.25) is 0 Å². The summed E-state index contributed by atoms with van der Waals surface area (Å²) < 4.78 is 5.77. The normalized spacial score (nSPS) is 12.0. The number of ether oxygens (including phenoxy) is 1. The van der Waals surface area contributed by atoms with Gasteiger partial charge in [-0.1, -0.05) is 30.3 Å². The highest BCUT2D eigenvalue weighted by Crippen LogP contribution is 2.33. The molecule has 1 atom stereocenters. The summed E-state index contributed by atoms with van der Waals surface area (Å²) in [5.74, 6) is 0.429. The zero-order chi connectivity index (χ0) is 16.1. The first kappa shape index (κ1) is 16.0. The molecule has 0 saturated carbocycles. The van der Waals surface area contributed by atoms with Gasteiger partial charge in [-0.3, -0.25) is 4.79 Å². The quantitative estimate of drug-likeness (QED) is 0.805. The minimum atomic E-state index is -0.609. The largest absolute Gasteiger partial charge is 0.507 e. The van der Waals surface area contributed by atoms with E-state index in [4.69, 9.17) is 4.74 Å². The SMILES string of the molecule is Cc1c(OCc2ccccc2)cc(CC(C)O)c(C=O)c1O. The Balaban J connectivity index is 2.30. The van der Waals surface area contributed by atoms with Crippen molar-refractivity contribution in [3.63, 3.8) is 0 Å². The lowest BCUT2D eigenvalue weighted by Crippen LogP contribution is -2.08. The van der Waals surface area contributed by atoms with E-state index in [0.29, 0.717) is 29.8 Å². The van der Waals surface area contributed by atoms with Gasteiger partial charge < -0.3 is 14.9 Å². The lowest BCUT2D eigenvalue weighted by Gasteiger charge is -2.16. The third-order valence-corrected chi connectivity index (χ3v) is 3.50. The molecule has 116 valence electrons. The number of carbonyl (C=O) groups is 1. The molecule has 0 saturated heterocycles. The van der Waals surface area contributed by atoms with Gasteiger partial charge in [0.05, 0.1) is 11.7 Å². The fourth-order valence-corrected chi connectivity index (χ4v) is 2.32. The van der Waals surface area contributed by atoms with Crippen LogP contribution in [0, 0.1) is 6.92 Å². The molecule has 0 fully saturated rings. The van der Waals surface area contributed by atoms with E-state index in [-0.39, 0.29) is 17.7 Å². The van der Waals surface area contributed by atoms with Crippen LogP contribution in [0.1, 0.15) is 34.0 Å². The van der Waals surface area contributed by atoms with E-state index in [9.17, 15) is 15.0 Å². The number of phenols is 1. The smallest absolute Gasteiger partial charge is 0.154 e. The molecule has 4 heteroatoms. The molecule has 0 aromatic heterocycles. The third-order valence-electron chi connectivity index (χ3n) is 3.50. The zero-order valence-corrected chi connectivity index (χ0v) is 12.7. The van der Waals surface area contributed by atoms with Crippen molar-refractivity contribution in [2.24, 2.45) is 0 Å². The van der Waals surface area contributed by atoms with Crippen LogP contribution >= 0.6 is 0 Å². The second kappa shape index (κ2) is 7.09. The molecule has 0 bridgehead atoms. The number of rotatable bonds is 6. The molecule has 0 aliphatic carbocycles. The van der Waals surface area contributed by atoms with E-state index in [1.807, 2.05) is 30.3 Å². The topological polar surface area (TPSA) is 66.8 Å². The van der Waals surface area contributed by atoms with E-state index in [2.05, 4.69) is 0 Å². The number of aromatic hydroxyl groups is 1. The number of phenolic OH excluding ortho intramolecular Hbond substituents is 1. The monoisotopic (exact) mass is 300 g/mol. The molecule has 2 N–H and O–H groups in total. The highest BCUT2D eigenvalue weighted by molar-refractivity contribution is 5.83. The van der Waals surface area contributed by atoms with Gasteiger partial charge in [-0.15, -0.1) is 0 Å². The molecule has 0 heterocycles. The molecule has 0 radical (unpaired) electrons. The summed E-state index contributed by atoms with van der Waals surface area (Å²) in [4.78, 5) is 11.2. The van der Waals surface area contributed by atoms with Gasteiger partial charge in [0, 0.05) is 5.56 Å². The van der Waals surface area contributed by atoms with Gasteiger partial charge in [0.25, 0.3) is 0 Å². The molecule has 22 heavy (non-hydrogen) atoms. The summed E-state index contributed by atoms with van der Waals surface area (Å²) in [5, 5.41) is 19.7. The van der Waals surface area contributed by atoms with Gasteiger partial charge >= 0.3 is 0 Å². The van der Waals surface area contributed by atoms with E-state index in [0.717, 1.165) is 5.56 Å². The number of carbonyl (C=O) groups excluding carboxylic acids is 1. The Morgan fingerprint density at radius 2 is 1.95 bits per heavy atom. The first-order chi connectivity index (χ1) is 10.5. The summed E-state index contributed by atoms with van der Waals surface area (Å²) in [7, 11) is 0. The van der Waals surface area contributed by atoms with Crippen molar-refractivity contribution in [2.75, 3.05) is 0 Å². The van der Waals surface area contributed by atoms with Crippen molar-refractivity contribution in [2.45, 2.75) is 33.0 Å². The summed E-state index contributed by atoms with van der Waals surface area (Å²) in [5.41, 5.74) is 2.33. The van der Waals surface area contributed by atoms with E-state index < -0.39 is 6.10 Å². The Kier molecular flexibility index (Phi) is 5.17. The van der Waals surface area contributed by atoms with Crippen LogP contribution in [0.4, 0.5) is 0 Å². The molecule has 2 rings (SSSR count). The molecule has 0 spiro atoms. The zero-order valence-electron chi connectivity index (χ0n) is 12.7. The number of hydrogen-bond acceptors (Lipinski definition) is 4. The molecule has 4 nitrogen and oxygen atoms in total. The molecule has 0 aliphatic rings. The number of hydrogen-bond donors (Lipinski definition) is 2. The first-order valence-electron chi connectivity index (χ1n) is 7.18. The minimum Gasteiger partial charge on any atom is -0.507 e. The van der Waals surface area contributed by atoms with Crippen LogP contribution < -0.4 is 4.74 Å². The van der Waals surface area contributed by atoms with Crippen molar-refractivity contribution < 1.29 is 19.7 Å². The standard InChI is InChI=1S/C18H20O4/c1-12(20)8-15-9-17(13(2)18(21)16(15)10-19)22-11-14-6-4-3-5-7-14/h3-7,9-10,12,20-21H,8,11H2,1-2H3. The predicted octanol–water partition coefficient (Wildman–Crippen LogP) is 3.02. The van der Waals surface area contributed by atoms with E-state index in [1.165, 1.54) is 0 Å². The maximum Gasteiger partial charge on any atom is 0.154 e. The Hall–Kier alpha value is -2.33. The van der Waals surface area contributed by atoms with Crippen molar-refractivity contribution in [3.8, 4) is 11.5 Å². The Bertz CT molecular complexity index is 648. The average Bonchev–Trinajstić information content (AvgIpc) is 2.50. The highest BCUT2D eigenvalue weighted by atomic mass is 16.5. The number of aliphatic hydroxyl groups excluding tert-OH is 1. The van der Waals surface area contributed by atoms with Crippen molar-refractivity contribution in [1.82, 2.24) is 0 Å². The van der Waals surface area contributed by atoms with Gasteiger partial charge in [-0.2, -0.15) is 0 Å². The number of benzene rings is 2. The van der Waals surface area contributed by atoms with Crippen LogP contribution in [-0.4, -0.2) is 22.6 Å². The number of aliphatic hydroxyl groups is 1. The Labute approximate surface area is 130 Å². The summed E-state index contributed by atoms with van der Waals surface area (Å²) in [6.07, 6.45) is 0.285. The molecular formula is C18H20O4. The maximum atomic E-state index is 11.2. The maximum absolute atomic E-state index is 11.2. The first-order valence-corrected chi connectivity index (χ1v) is 7.18. The molecule has 2 aromatic carbocycles. The van der Waals surface area contributed by atoms with Gasteiger partial charge in [0.2, 0.25) is 0 Å². The molecule has 1 unspecified atom stereocenters. The minimum absolute atomic E-state index is 0.0868. The lowest BCUT2D eigenvalue weighted by molar-refractivity contribution is 0.111. The summed E-state index contributed by atoms with van der Waals surface area (Å²) >= 11 is 0. The van der Waals surface area contributed by atoms with Crippen LogP contribution in [0.5, 0.6) is 11.5 Å². The van der Waals surface area contributed by atoms with Gasteiger partial charge in [-0.05, 0) is 37.5 Å². The second-order valence-electron chi connectivity index (χ2n) is 5.37. The van der Waals surface area contributed by atoms with Crippen molar-refractivity contribution in [1.29, 1.82) is 0 Å². The third kappa shape index (κ3) is 3.65. The highest BCUT2D eigenvalue weighted by Gasteiger charge is 2.16. The van der Waals surface area contributed by atoms with Gasteiger partial charge in [-0.25, -0.2) is 0 Å². The van der Waals surface area contributed by atoms with E-state index in [1.54, 1.807) is 19.9 Å². The fourth-order valence-electron chi connectivity index (χ4n) is 2.32. The van der Waals surface area contributed by atoms with Crippen molar-refractivity contribution >= 4 is 6.29 Å². The predicted molar refractivity (Wildman–Crippen MR) is 84.4 cm³/mol. The number of aldehydes is 1. The molecule has 2 aromatic rings. The average molecular weight is 300 g/mol. The Morgan fingerprint density at radius 3 is 2.55 bits per heavy atom. The fraction of sp³-hybridized carbons (Fsp3) is 0.278. The van der Waals surface area contributed by atoms with Crippen LogP contribution in [0.3, 0.4) is 0 Å². The van der Waals surface area contributed by atoms with Crippen LogP contribution in [0.15, 0.2) is 36.4 Å². The second-order valence-corrected chi connectivity index (χ2v) is 5.37. The van der Waals surface area contributed by atoms with Crippen LogP contribution in [0.25, 0.3) is 0 Å². The van der Waals surface area contributed by atoms with Crippen molar-refractivity contribution in [3.05, 3.63) is 58.7 Å². The molecule has 0 aliphatic heterocycles. The summed E-state index contributed by atoms with van der Waals surface area (Å²) in [6, 6.07) is 11.4. The lowest BCUT2D eigenvalue weighted by atomic mass is 9.98. The summed E-state index contributed by atoms with van der Waals surface area (Å²) in [6.45, 7) is 3.71. The molecular weight excluding hydrogens is 280 g/mol. The van der Waals surface area contributed by atoms with E-state index >= 15 is 0 Å². The van der Waals surface area contributed by atoms with Crippen LogP contribution in [-0.2, 0) is 13.0 Å².